The van der Waals surface area contributed by atoms with Crippen LogP contribution in [0.25, 0.3) is 5.41 Å². The largest absolute Gasteiger partial charge is 0.811 e. The summed E-state index contributed by atoms with van der Waals surface area (Å²) >= 11 is 0. The fourth-order valence-corrected chi connectivity index (χ4v) is 2.73. The van der Waals surface area contributed by atoms with Crippen LogP contribution in [0, 0.1) is 0 Å². The molecule has 1 aromatic heterocycles. The first-order valence-corrected chi connectivity index (χ1v) is 8.96. The molecule has 5 N–H and O–H groups in total. The summed E-state index contributed by atoms with van der Waals surface area (Å²) in [7, 11) is 1.75. The van der Waals surface area contributed by atoms with Crippen molar-refractivity contribution in [1.29, 1.82) is 0 Å². The second-order valence-corrected chi connectivity index (χ2v) is 6.44. The number of H-pyrrole nitrogens is 1. The Kier molecular flexibility index (Phi) is 7.51. The predicted octanol–water partition coefficient (Wildman–Crippen LogP) is 1.56. The standard InChI is InChI=1S/C19H27N6O2/c1-12(2)16-11-17(25-24-16)19(26)23-13-4-5-18(27-9-8-21)14(10-13)15(22-3)6-7-20/h4,6-7,10-12,18,22H,5,8-9,21H2,1-3H3,(H,23,26)(H,24,25)/q-1/b15-6-. The number of nitrogens with two attached hydrogens (primary N) is 1. The third-order valence-corrected chi connectivity index (χ3v) is 4.18. The Bertz CT molecular complexity index is 760. The third-order valence-electron chi connectivity index (χ3n) is 4.18. The van der Waals surface area contributed by atoms with Crippen LogP contribution in [0.1, 0.15) is 42.4 Å². The molecule has 2 rings (SSSR count). The number of nitrogens with one attached hydrogen (secondary N) is 3. The van der Waals surface area contributed by atoms with E-state index in [2.05, 4.69) is 20.8 Å². The van der Waals surface area contributed by atoms with E-state index in [0.717, 1.165) is 17.5 Å². The zero-order valence-electron chi connectivity index (χ0n) is 16.0. The molecule has 0 spiro atoms. The van der Waals surface area contributed by atoms with Crippen LogP contribution in [0.4, 0.5) is 0 Å². The SMILES string of the molecule is CN/C(=C\C=[N-])C1=CC(NC(=O)c2cc(C(C)C)[nH]n2)=CCC1OCCN. The molecule has 0 fully saturated rings. The maximum atomic E-state index is 12.5. The molecule has 0 saturated carbocycles. The van der Waals surface area contributed by atoms with Gasteiger partial charge in [-0.2, -0.15) is 11.3 Å². The molecule has 8 heteroatoms. The topological polar surface area (TPSA) is 127 Å². The van der Waals surface area contributed by atoms with Gasteiger partial charge in [0.05, 0.1) is 12.7 Å². The lowest BCUT2D eigenvalue weighted by molar-refractivity contribution is 0.0847. The lowest BCUT2D eigenvalue weighted by Gasteiger charge is -2.26. The number of allylic oxidation sites excluding steroid dienone is 2. The monoisotopic (exact) mass is 371 g/mol. The van der Waals surface area contributed by atoms with Crippen molar-refractivity contribution in [3.63, 3.8) is 0 Å². The molecule has 27 heavy (non-hydrogen) atoms. The molecular weight excluding hydrogens is 344 g/mol. The highest BCUT2D eigenvalue weighted by molar-refractivity contribution is 5.94. The lowest BCUT2D eigenvalue weighted by Crippen LogP contribution is -2.30. The molecular formula is C19H27N6O2-. The molecule has 1 amide bonds. The van der Waals surface area contributed by atoms with E-state index in [0.29, 0.717) is 36.7 Å². The summed E-state index contributed by atoms with van der Waals surface area (Å²) in [5, 5.41) is 22.0. The number of nitrogens with zero attached hydrogens (tertiary/aromatic N) is 2. The van der Waals surface area contributed by atoms with Gasteiger partial charge >= 0.3 is 0 Å². The summed E-state index contributed by atoms with van der Waals surface area (Å²) < 4.78 is 5.80. The molecule has 0 aromatic carbocycles. The Balaban J connectivity index is 2.19. The van der Waals surface area contributed by atoms with E-state index in [4.69, 9.17) is 15.9 Å². The zero-order chi connectivity index (χ0) is 19.8. The van der Waals surface area contributed by atoms with Gasteiger partial charge in [0, 0.05) is 36.3 Å². The van der Waals surface area contributed by atoms with E-state index in [9.17, 15) is 4.79 Å². The Morgan fingerprint density at radius 2 is 2.33 bits per heavy atom. The summed E-state index contributed by atoms with van der Waals surface area (Å²) in [5.74, 6) is -0.0250. The van der Waals surface area contributed by atoms with Gasteiger partial charge in [-0.15, -0.1) is 0 Å². The maximum absolute atomic E-state index is 12.5. The first-order chi connectivity index (χ1) is 13.0. The smallest absolute Gasteiger partial charge is 0.276 e. The van der Waals surface area contributed by atoms with Gasteiger partial charge in [0.15, 0.2) is 5.69 Å². The molecule has 0 aliphatic heterocycles. The molecule has 1 atom stereocenters. The number of aromatic nitrogens is 2. The van der Waals surface area contributed by atoms with Gasteiger partial charge < -0.3 is 26.5 Å². The quantitative estimate of drug-likeness (QED) is 0.490. The van der Waals surface area contributed by atoms with E-state index in [1.807, 2.05) is 26.0 Å². The summed E-state index contributed by atoms with van der Waals surface area (Å²) in [4.78, 5) is 12.5. The van der Waals surface area contributed by atoms with E-state index in [1.54, 1.807) is 13.1 Å². The molecule has 0 radical (unpaired) electrons. The van der Waals surface area contributed by atoms with Gasteiger partial charge in [-0.1, -0.05) is 26.0 Å². The number of hydrogen-bond donors (Lipinski definition) is 4. The first-order valence-electron chi connectivity index (χ1n) is 8.96. The second-order valence-electron chi connectivity index (χ2n) is 6.44. The number of amides is 1. The average molecular weight is 371 g/mol. The van der Waals surface area contributed by atoms with Crippen LogP contribution in [0.15, 0.2) is 41.3 Å². The number of rotatable bonds is 9. The normalized spacial score (nSPS) is 17.4. The minimum Gasteiger partial charge on any atom is -0.811 e. The van der Waals surface area contributed by atoms with Crippen molar-refractivity contribution in [2.24, 2.45) is 5.73 Å². The first kappa shape index (κ1) is 20.6. The van der Waals surface area contributed by atoms with Crippen LogP contribution >= 0.6 is 0 Å². The molecule has 1 aliphatic rings. The van der Waals surface area contributed by atoms with E-state index >= 15 is 0 Å². The zero-order valence-corrected chi connectivity index (χ0v) is 16.0. The van der Waals surface area contributed by atoms with Crippen molar-refractivity contribution < 1.29 is 9.53 Å². The van der Waals surface area contributed by atoms with Crippen molar-refractivity contribution >= 4 is 12.1 Å². The highest BCUT2D eigenvalue weighted by Crippen LogP contribution is 2.25. The number of ether oxygens (including phenoxy) is 1. The van der Waals surface area contributed by atoms with Gasteiger partial charge in [-0.05, 0) is 24.5 Å². The Labute approximate surface area is 159 Å². The molecule has 1 heterocycles. The molecule has 8 nitrogen and oxygen atoms in total. The van der Waals surface area contributed by atoms with Crippen LogP contribution in [0.5, 0.6) is 0 Å². The van der Waals surface area contributed by atoms with Crippen LogP contribution in [-0.2, 0) is 4.74 Å². The van der Waals surface area contributed by atoms with Crippen LogP contribution < -0.4 is 16.4 Å². The molecule has 1 unspecified atom stereocenters. The minimum absolute atomic E-state index is 0.217. The number of carbonyl (C=O) groups excluding carboxylic acids is 1. The van der Waals surface area contributed by atoms with E-state index in [1.165, 1.54) is 6.08 Å². The third kappa shape index (κ3) is 5.38. The molecule has 146 valence electrons. The van der Waals surface area contributed by atoms with Crippen molar-refractivity contribution in [2.45, 2.75) is 32.3 Å². The highest BCUT2D eigenvalue weighted by atomic mass is 16.5. The maximum Gasteiger partial charge on any atom is 0.276 e. The molecule has 1 aliphatic carbocycles. The van der Waals surface area contributed by atoms with Gasteiger partial charge in [0.25, 0.3) is 5.91 Å². The number of aromatic amines is 1. The van der Waals surface area contributed by atoms with Crippen molar-refractivity contribution in [1.82, 2.24) is 20.8 Å². The van der Waals surface area contributed by atoms with Crippen LogP contribution in [0.3, 0.4) is 0 Å². The lowest BCUT2D eigenvalue weighted by atomic mass is 9.96. The summed E-state index contributed by atoms with van der Waals surface area (Å²) in [5.41, 5.74) is 8.94. The van der Waals surface area contributed by atoms with Crippen molar-refractivity contribution in [3.05, 3.63) is 58.1 Å². The van der Waals surface area contributed by atoms with Gasteiger partial charge in [-0.3, -0.25) is 9.89 Å². The van der Waals surface area contributed by atoms with E-state index < -0.39 is 0 Å². The highest BCUT2D eigenvalue weighted by Gasteiger charge is 2.22. The number of carbonyl (C=O) groups is 1. The molecule has 1 aromatic rings. The second kappa shape index (κ2) is 9.84. The molecule has 0 bridgehead atoms. The Morgan fingerprint density at radius 3 is 2.93 bits per heavy atom. The number of hydrogen-bond acceptors (Lipinski definition) is 5. The van der Waals surface area contributed by atoms with E-state index in [-0.39, 0.29) is 17.9 Å². The Morgan fingerprint density at radius 1 is 1.56 bits per heavy atom. The summed E-state index contributed by atoms with van der Waals surface area (Å²) in [6, 6.07) is 1.75. The van der Waals surface area contributed by atoms with Gasteiger partial charge in [0.1, 0.15) is 0 Å². The fourth-order valence-electron chi connectivity index (χ4n) is 2.73. The molecule has 0 saturated heterocycles. The summed E-state index contributed by atoms with van der Waals surface area (Å²) in [6.45, 7) is 4.89. The van der Waals surface area contributed by atoms with Crippen LogP contribution in [0.2, 0.25) is 0 Å². The van der Waals surface area contributed by atoms with Gasteiger partial charge in [0.2, 0.25) is 0 Å². The Hall–Kier alpha value is -2.71. The average Bonchev–Trinajstić information content (AvgIpc) is 3.16. The van der Waals surface area contributed by atoms with Crippen molar-refractivity contribution in [2.75, 3.05) is 20.2 Å². The fraction of sp³-hybridized carbons (Fsp3) is 0.421. The van der Waals surface area contributed by atoms with Crippen molar-refractivity contribution in [3.8, 4) is 0 Å². The summed E-state index contributed by atoms with van der Waals surface area (Å²) in [6.07, 6.45) is 6.58. The van der Waals surface area contributed by atoms with Crippen LogP contribution in [-0.4, -0.2) is 48.6 Å². The number of likely N-dealkylation sites (N-methyl/N-ethyl adjacent to an activating group) is 1. The minimum atomic E-state index is -0.287. The van der Waals surface area contributed by atoms with Gasteiger partial charge in [-0.25, -0.2) is 0 Å². The predicted molar refractivity (Wildman–Crippen MR) is 106 cm³/mol.